The van der Waals surface area contributed by atoms with E-state index in [4.69, 9.17) is 10.5 Å². The molecule has 3 atom stereocenters. The van der Waals surface area contributed by atoms with Gasteiger partial charge in [0.1, 0.15) is 11.4 Å². The fourth-order valence-electron chi connectivity index (χ4n) is 3.77. The Morgan fingerprint density at radius 3 is 2.67 bits per heavy atom. The van der Waals surface area contributed by atoms with Crippen molar-refractivity contribution in [3.8, 4) is 0 Å². The molecule has 1 aromatic carbocycles. The monoisotopic (exact) mass is 294 g/mol. The van der Waals surface area contributed by atoms with Gasteiger partial charge in [0, 0.05) is 12.7 Å². The average Bonchev–Trinajstić information content (AvgIpc) is 2.47. The van der Waals surface area contributed by atoms with Crippen LogP contribution in [0.2, 0.25) is 0 Å². The van der Waals surface area contributed by atoms with E-state index in [1.54, 1.807) is 12.1 Å². The first-order valence-corrected chi connectivity index (χ1v) is 7.54. The molecule has 0 spiro atoms. The fourth-order valence-corrected chi connectivity index (χ4v) is 3.77. The van der Waals surface area contributed by atoms with Gasteiger partial charge in [-0.2, -0.15) is 0 Å². The third-order valence-electron chi connectivity index (χ3n) is 5.18. The van der Waals surface area contributed by atoms with Crippen LogP contribution in [0.4, 0.5) is 10.1 Å². The number of nitrogens with zero attached hydrogens (tertiary/aromatic N) is 1. The number of halogens is 1. The highest BCUT2D eigenvalue weighted by Gasteiger charge is 2.57. The van der Waals surface area contributed by atoms with Crippen molar-refractivity contribution in [2.24, 2.45) is 5.73 Å². The molecule has 0 aromatic heterocycles. The predicted molar refractivity (Wildman–Crippen MR) is 79.7 cm³/mol. The van der Waals surface area contributed by atoms with Crippen LogP contribution in [0, 0.1) is 5.82 Å². The van der Waals surface area contributed by atoms with Crippen molar-refractivity contribution in [3.63, 3.8) is 0 Å². The van der Waals surface area contributed by atoms with Crippen molar-refractivity contribution in [1.82, 2.24) is 0 Å². The highest BCUT2D eigenvalue weighted by molar-refractivity contribution is 5.48. The Morgan fingerprint density at radius 2 is 1.95 bits per heavy atom. The lowest BCUT2D eigenvalue weighted by atomic mass is 9.65. The van der Waals surface area contributed by atoms with E-state index in [1.807, 2.05) is 11.9 Å². The molecule has 3 N–H and O–H groups in total. The molecule has 0 radical (unpaired) electrons. The second-order valence-corrected chi connectivity index (χ2v) is 6.41. The summed E-state index contributed by atoms with van der Waals surface area (Å²) < 4.78 is 18.8. The molecule has 116 valence electrons. The van der Waals surface area contributed by atoms with E-state index in [-0.39, 0.29) is 11.9 Å². The van der Waals surface area contributed by atoms with Crippen molar-refractivity contribution in [3.05, 3.63) is 30.1 Å². The van der Waals surface area contributed by atoms with Crippen LogP contribution in [-0.4, -0.2) is 42.5 Å². The molecule has 1 heterocycles. The second-order valence-electron chi connectivity index (χ2n) is 6.41. The average molecular weight is 294 g/mol. The third-order valence-corrected chi connectivity index (χ3v) is 5.18. The summed E-state index contributed by atoms with van der Waals surface area (Å²) >= 11 is 0. The van der Waals surface area contributed by atoms with Gasteiger partial charge in [-0.1, -0.05) is 12.8 Å². The van der Waals surface area contributed by atoms with Crippen molar-refractivity contribution in [1.29, 1.82) is 0 Å². The van der Waals surface area contributed by atoms with Gasteiger partial charge >= 0.3 is 0 Å². The normalized spacial score (nSPS) is 36.1. The molecule has 2 fully saturated rings. The zero-order valence-electron chi connectivity index (χ0n) is 12.4. The first-order chi connectivity index (χ1) is 9.96. The highest BCUT2D eigenvalue weighted by Crippen LogP contribution is 2.43. The summed E-state index contributed by atoms with van der Waals surface area (Å²) in [7, 11) is 1.90. The van der Waals surface area contributed by atoms with Gasteiger partial charge in [-0.05, 0) is 37.1 Å². The van der Waals surface area contributed by atoms with Crippen LogP contribution in [-0.2, 0) is 4.74 Å². The number of hydrogen-bond acceptors (Lipinski definition) is 4. The van der Waals surface area contributed by atoms with Gasteiger partial charge in [-0.25, -0.2) is 4.39 Å². The van der Waals surface area contributed by atoms with Gasteiger partial charge in [-0.3, -0.25) is 0 Å². The Labute approximate surface area is 124 Å². The van der Waals surface area contributed by atoms with E-state index in [0.29, 0.717) is 19.6 Å². The molecule has 1 aromatic rings. The lowest BCUT2D eigenvalue weighted by Gasteiger charge is -2.57. The summed E-state index contributed by atoms with van der Waals surface area (Å²) in [6, 6.07) is 6.07. The molecule has 0 unspecified atom stereocenters. The molecular weight excluding hydrogens is 271 g/mol. The minimum absolute atomic E-state index is 0.220. The van der Waals surface area contributed by atoms with E-state index in [2.05, 4.69) is 0 Å². The smallest absolute Gasteiger partial charge is 0.123 e. The molecule has 5 heteroatoms. The molecule has 3 rings (SSSR count). The van der Waals surface area contributed by atoms with Gasteiger partial charge in [0.15, 0.2) is 0 Å². The molecule has 2 aliphatic rings. The molecular formula is C16H23FN2O2. The van der Waals surface area contributed by atoms with E-state index < -0.39 is 11.1 Å². The quantitative estimate of drug-likeness (QED) is 0.871. The Bertz CT molecular complexity index is 506. The molecule has 4 nitrogen and oxygen atoms in total. The number of fused-ring (bicyclic) bond motifs is 1. The third kappa shape index (κ3) is 2.33. The molecule has 1 saturated carbocycles. The number of benzene rings is 1. The minimum Gasteiger partial charge on any atom is -0.386 e. The van der Waals surface area contributed by atoms with Crippen molar-refractivity contribution in [2.45, 2.75) is 42.9 Å². The predicted octanol–water partition coefficient (Wildman–Crippen LogP) is 1.66. The van der Waals surface area contributed by atoms with Gasteiger partial charge < -0.3 is 20.5 Å². The van der Waals surface area contributed by atoms with Crippen LogP contribution in [0.3, 0.4) is 0 Å². The van der Waals surface area contributed by atoms with Crippen molar-refractivity contribution >= 4 is 5.69 Å². The SMILES string of the molecule is CN(c1ccc(F)cc1)[C@@H]1COC[C@@]2(N)CCCC[C@]12O. The number of aliphatic hydroxyl groups is 1. The van der Waals surface area contributed by atoms with Crippen LogP contribution >= 0.6 is 0 Å². The Hall–Kier alpha value is -1.17. The number of ether oxygens (including phenoxy) is 1. The lowest BCUT2D eigenvalue weighted by Crippen LogP contribution is -2.76. The lowest BCUT2D eigenvalue weighted by molar-refractivity contribution is -0.159. The first-order valence-electron chi connectivity index (χ1n) is 7.54. The van der Waals surface area contributed by atoms with Gasteiger partial charge in [0.25, 0.3) is 0 Å². The van der Waals surface area contributed by atoms with E-state index >= 15 is 0 Å². The van der Waals surface area contributed by atoms with Crippen LogP contribution in [0.1, 0.15) is 25.7 Å². The largest absolute Gasteiger partial charge is 0.386 e. The van der Waals surface area contributed by atoms with Crippen LogP contribution in [0.5, 0.6) is 0 Å². The standard InChI is InChI=1S/C16H23FN2O2/c1-19(13-6-4-12(17)5-7-13)14-10-21-11-15(18)8-2-3-9-16(14,15)20/h4-7,14,20H,2-3,8-11,18H2,1H3/t14-,15+,16+/m1/s1. The van der Waals surface area contributed by atoms with E-state index in [9.17, 15) is 9.50 Å². The summed E-state index contributed by atoms with van der Waals surface area (Å²) in [5.41, 5.74) is 5.66. The zero-order valence-corrected chi connectivity index (χ0v) is 12.4. The molecule has 1 aliphatic carbocycles. The van der Waals surface area contributed by atoms with Crippen LogP contribution in [0.15, 0.2) is 24.3 Å². The second kappa shape index (κ2) is 5.23. The summed E-state index contributed by atoms with van der Waals surface area (Å²) in [6.07, 6.45) is 3.46. The Kier molecular flexibility index (Phi) is 3.67. The summed E-state index contributed by atoms with van der Waals surface area (Å²) in [5, 5.41) is 11.3. The zero-order chi connectivity index (χ0) is 15.1. The molecule has 21 heavy (non-hydrogen) atoms. The Morgan fingerprint density at radius 1 is 1.29 bits per heavy atom. The highest BCUT2D eigenvalue weighted by atomic mass is 19.1. The first kappa shape index (κ1) is 14.8. The maximum absolute atomic E-state index is 13.1. The van der Waals surface area contributed by atoms with Gasteiger partial charge in [-0.15, -0.1) is 0 Å². The number of hydrogen-bond donors (Lipinski definition) is 2. The number of anilines is 1. The maximum Gasteiger partial charge on any atom is 0.123 e. The summed E-state index contributed by atoms with van der Waals surface area (Å²) in [4.78, 5) is 1.96. The number of nitrogens with two attached hydrogens (primary N) is 1. The topological polar surface area (TPSA) is 58.7 Å². The molecule has 1 saturated heterocycles. The van der Waals surface area contributed by atoms with E-state index in [0.717, 1.165) is 24.9 Å². The van der Waals surface area contributed by atoms with Gasteiger partial charge in [0.2, 0.25) is 0 Å². The fraction of sp³-hybridized carbons (Fsp3) is 0.625. The summed E-state index contributed by atoms with van der Waals surface area (Å²) in [6.45, 7) is 0.834. The van der Waals surface area contributed by atoms with Crippen molar-refractivity contribution in [2.75, 3.05) is 25.2 Å². The number of likely N-dealkylation sites (N-methyl/N-ethyl adjacent to an activating group) is 1. The summed E-state index contributed by atoms with van der Waals surface area (Å²) in [5.74, 6) is -0.267. The molecule has 1 aliphatic heterocycles. The van der Waals surface area contributed by atoms with Crippen LogP contribution < -0.4 is 10.6 Å². The van der Waals surface area contributed by atoms with Crippen molar-refractivity contribution < 1.29 is 14.2 Å². The minimum atomic E-state index is -0.966. The van der Waals surface area contributed by atoms with Gasteiger partial charge in [0.05, 0.1) is 24.8 Å². The van der Waals surface area contributed by atoms with Crippen LogP contribution in [0.25, 0.3) is 0 Å². The van der Waals surface area contributed by atoms with E-state index in [1.165, 1.54) is 12.1 Å². The molecule has 0 bridgehead atoms. The number of rotatable bonds is 2. The Balaban J connectivity index is 1.91. The molecule has 0 amide bonds. The maximum atomic E-state index is 13.1.